The monoisotopic (exact) mass is 426 g/mol. The van der Waals surface area contributed by atoms with E-state index in [2.05, 4.69) is 15.8 Å². The summed E-state index contributed by atoms with van der Waals surface area (Å²) in [4.78, 5) is 39.1. The maximum atomic E-state index is 13.8. The van der Waals surface area contributed by atoms with Crippen LogP contribution in [0.5, 0.6) is 0 Å². The molecule has 0 saturated carbocycles. The Balaban J connectivity index is 1.69. The van der Waals surface area contributed by atoms with Crippen molar-refractivity contribution < 1.29 is 18.9 Å². The van der Waals surface area contributed by atoms with E-state index in [1.54, 1.807) is 18.2 Å². The molecule has 0 spiro atoms. The van der Waals surface area contributed by atoms with Crippen LogP contribution in [0.4, 0.5) is 10.1 Å². The molecule has 3 rings (SSSR count). The van der Waals surface area contributed by atoms with Gasteiger partial charge in [0.2, 0.25) is 0 Å². The Kier molecular flexibility index (Phi) is 6.71. The van der Waals surface area contributed by atoms with Gasteiger partial charge in [0, 0.05) is 35.3 Å². The molecule has 2 N–H and O–H groups in total. The largest absolute Gasteiger partial charge is 0.283 e. The minimum atomic E-state index is -0.717. The quantitative estimate of drug-likeness (QED) is 0.354. The van der Waals surface area contributed by atoms with Gasteiger partial charge in [0.05, 0.1) is 9.82 Å². The maximum absolute atomic E-state index is 13.8. The minimum absolute atomic E-state index is 0.00744. The summed E-state index contributed by atoms with van der Waals surface area (Å²) in [5.41, 5.74) is 4.85. The SMILES string of the molecule is O=C(NNC(=O)c1ccc(SCc2ccccc2F)c([N+](=O)[O-])c1)c1ccncc1. The van der Waals surface area contributed by atoms with Gasteiger partial charge in [-0.05, 0) is 35.9 Å². The van der Waals surface area contributed by atoms with Gasteiger partial charge in [-0.2, -0.15) is 0 Å². The van der Waals surface area contributed by atoms with Crippen LogP contribution in [-0.2, 0) is 5.75 Å². The summed E-state index contributed by atoms with van der Waals surface area (Å²) < 4.78 is 13.8. The highest BCUT2D eigenvalue weighted by molar-refractivity contribution is 7.98. The van der Waals surface area contributed by atoms with E-state index < -0.39 is 22.6 Å². The molecule has 1 heterocycles. The molecule has 8 nitrogen and oxygen atoms in total. The predicted octanol–water partition coefficient (Wildman–Crippen LogP) is 3.50. The smallest absolute Gasteiger partial charge is 0.267 e. The average Bonchev–Trinajstić information content (AvgIpc) is 2.77. The number of nitro groups is 1. The summed E-state index contributed by atoms with van der Waals surface area (Å²) in [5.74, 6) is -1.47. The third-order valence-corrected chi connectivity index (χ3v) is 5.10. The molecule has 0 aliphatic heterocycles. The zero-order chi connectivity index (χ0) is 21.5. The molecule has 1 aromatic heterocycles. The molecule has 10 heteroatoms. The molecular formula is C20H15FN4O4S. The Morgan fingerprint density at radius 1 is 1.00 bits per heavy atom. The summed E-state index contributed by atoms with van der Waals surface area (Å²) >= 11 is 1.09. The highest BCUT2D eigenvalue weighted by Crippen LogP contribution is 2.32. The van der Waals surface area contributed by atoms with Gasteiger partial charge in [0.25, 0.3) is 17.5 Å². The zero-order valence-corrected chi connectivity index (χ0v) is 16.2. The van der Waals surface area contributed by atoms with Crippen LogP contribution in [0.2, 0.25) is 0 Å². The Labute approximate surface area is 174 Å². The minimum Gasteiger partial charge on any atom is -0.267 e. The first kappa shape index (κ1) is 20.9. The van der Waals surface area contributed by atoms with Gasteiger partial charge >= 0.3 is 0 Å². The first-order valence-corrected chi connectivity index (χ1v) is 9.59. The predicted molar refractivity (Wildman–Crippen MR) is 108 cm³/mol. The lowest BCUT2D eigenvalue weighted by Gasteiger charge is -2.09. The third-order valence-electron chi connectivity index (χ3n) is 3.99. The molecule has 0 aliphatic rings. The maximum Gasteiger partial charge on any atom is 0.283 e. The van der Waals surface area contributed by atoms with Gasteiger partial charge in [-0.15, -0.1) is 11.8 Å². The van der Waals surface area contributed by atoms with Crippen molar-refractivity contribution in [2.24, 2.45) is 0 Å². The van der Waals surface area contributed by atoms with E-state index in [0.29, 0.717) is 10.5 Å². The van der Waals surface area contributed by atoms with Crippen LogP contribution in [0, 0.1) is 15.9 Å². The Morgan fingerprint density at radius 2 is 1.67 bits per heavy atom. The number of hydrazine groups is 1. The number of thioether (sulfide) groups is 1. The summed E-state index contributed by atoms with van der Waals surface area (Å²) in [7, 11) is 0. The standard InChI is InChI=1S/C20H15FN4O4S/c21-16-4-2-1-3-15(16)12-30-18-6-5-14(11-17(18)25(28)29)20(27)24-23-19(26)13-7-9-22-10-8-13/h1-11H,12H2,(H,23,26)(H,24,27). The molecule has 3 aromatic rings. The second kappa shape index (κ2) is 9.61. The van der Waals surface area contributed by atoms with Gasteiger partial charge in [-0.25, -0.2) is 4.39 Å². The Bertz CT molecular complexity index is 1100. The van der Waals surface area contributed by atoms with E-state index >= 15 is 0 Å². The van der Waals surface area contributed by atoms with Gasteiger partial charge in [0.15, 0.2) is 0 Å². The Morgan fingerprint density at radius 3 is 2.33 bits per heavy atom. The molecule has 0 aliphatic carbocycles. The van der Waals surface area contributed by atoms with E-state index in [0.717, 1.165) is 17.8 Å². The average molecular weight is 426 g/mol. The number of pyridine rings is 1. The highest BCUT2D eigenvalue weighted by Gasteiger charge is 2.19. The Hall–Kier alpha value is -3.79. The van der Waals surface area contributed by atoms with Crippen molar-refractivity contribution in [3.05, 3.63) is 99.6 Å². The number of hydrogen-bond acceptors (Lipinski definition) is 6. The van der Waals surface area contributed by atoms with Crippen molar-refractivity contribution in [1.29, 1.82) is 0 Å². The number of hydrogen-bond donors (Lipinski definition) is 2. The van der Waals surface area contributed by atoms with E-state index in [-0.39, 0.29) is 22.6 Å². The molecule has 2 aromatic carbocycles. The van der Waals surface area contributed by atoms with Crippen LogP contribution in [0.15, 0.2) is 71.9 Å². The lowest BCUT2D eigenvalue weighted by molar-refractivity contribution is -0.387. The van der Waals surface area contributed by atoms with Crippen LogP contribution in [0.1, 0.15) is 26.3 Å². The van der Waals surface area contributed by atoms with E-state index in [4.69, 9.17) is 0 Å². The molecule has 0 radical (unpaired) electrons. The number of carbonyl (C=O) groups is 2. The fourth-order valence-corrected chi connectivity index (χ4v) is 3.45. The van der Waals surface area contributed by atoms with E-state index in [1.165, 1.54) is 42.7 Å². The van der Waals surface area contributed by atoms with Crippen LogP contribution in [-0.4, -0.2) is 21.7 Å². The molecule has 0 fully saturated rings. The first-order valence-electron chi connectivity index (χ1n) is 8.61. The van der Waals surface area contributed by atoms with Gasteiger partial charge in [-0.3, -0.25) is 35.5 Å². The number of amides is 2. The van der Waals surface area contributed by atoms with E-state index in [9.17, 15) is 24.1 Å². The molecule has 30 heavy (non-hydrogen) atoms. The van der Waals surface area contributed by atoms with Crippen molar-refractivity contribution in [1.82, 2.24) is 15.8 Å². The molecule has 2 amide bonds. The number of nitro benzene ring substituents is 1. The number of nitrogens with one attached hydrogen (secondary N) is 2. The summed E-state index contributed by atoms with van der Waals surface area (Å²) in [5, 5.41) is 11.4. The number of benzene rings is 2. The number of aromatic nitrogens is 1. The number of rotatable bonds is 6. The summed E-state index contributed by atoms with van der Waals surface area (Å²) in [6.07, 6.45) is 2.86. The normalized spacial score (nSPS) is 10.3. The van der Waals surface area contributed by atoms with Crippen molar-refractivity contribution in [2.75, 3.05) is 0 Å². The number of nitrogens with zero attached hydrogens (tertiary/aromatic N) is 2. The zero-order valence-electron chi connectivity index (χ0n) is 15.4. The molecule has 0 bridgehead atoms. The highest BCUT2D eigenvalue weighted by atomic mass is 32.2. The molecule has 0 unspecified atom stereocenters. The number of carbonyl (C=O) groups excluding carboxylic acids is 2. The van der Waals surface area contributed by atoms with Crippen LogP contribution in [0.25, 0.3) is 0 Å². The lowest BCUT2D eigenvalue weighted by atomic mass is 10.2. The molecule has 0 saturated heterocycles. The van der Waals surface area contributed by atoms with Crippen LogP contribution < -0.4 is 10.9 Å². The van der Waals surface area contributed by atoms with Crippen molar-refractivity contribution in [3.63, 3.8) is 0 Å². The summed E-state index contributed by atoms with van der Waals surface area (Å²) in [6.45, 7) is 0. The fourth-order valence-electron chi connectivity index (χ4n) is 2.46. The van der Waals surface area contributed by atoms with Crippen molar-refractivity contribution >= 4 is 29.3 Å². The lowest BCUT2D eigenvalue weighted by Crippen LogP contribution is -2.41. The van der Waals surface area contributed by atoms with E-state index in [1.807, 2.05) is 0 Å². The fraction of sp³-hybridized carbons (Fsp3) is 0.0500. The second-order valence-corrected chi connectivity index (χ2v) is 6.98. The molecule has 152 valence electrons. The summed E-state index contributed by atoms with van der Waals surface area (Å²) in [6, 6.07) is 13.0. The second-order valence-electron chi connectivity index (χ2n) is 5.96. The van der Waals surface area contributed by atoms with Crippen molar-refractivity contribution in [2.45, 2.75) is 10.6 Å². The van der Waals surface area contributed by atoms with Gasteiger partial charge in [0.1, 0.15) is 5.82 Å². The topological polar surface area (TPSA) is 114 Å². The first-order chi connectivity index (χ1) is 14.5. The molecular weight excluding hydrogens is 411 g/mol. The van der Waals surface area contributed by atoms with Crippen LogP contribution >= 0.6 is 11.8 Å². The third kappa shape index (κ3) is 5.17. The number of halogens is 1. The van der Waals surface area contributed by atoms with Gasteiger partial charge < -0.3 is 0 Å². The van der Waals surface area contributed by atoms with Crippen LogP contribution in [0.3, 0.4) is 0 Å². The molecule has 0 atom stereocenters. The van der Waals surface area contributed by atoms with Crippen molar-refractivity contribution in [3.8, 4) is 0 Å². The van der Waals surface area contributed by atoms with Gasteiger partial charge in [-0.1, -0.05) is 18.2 Å².